The van der Waals surface area contributed by atoms with Gasteiger partial charge >= 0.3 is 0 Å². The summed E-state index contributed by atoms with van der Waals surface area (Å²) in [5, 5.41) is 8.76. The minimum Gasteiger partial charge on any atom is -0.383 e. The van der Waals surface area contributed by atoms with Crippen molar-refractivity contribution in [1.29, 1.82) is 5.26 Å². The summed E-state index contributed by atoms with van der Waals surface area (Å²) >= 11 is 0. The standard InChI is InChI=1S/C13H15FN2O3S/c1-3-6-16(7-8-19-2)20(17,18)12-4-5-13(14)11(9-12)10-15/h3-5,9H,1,6-8H2,2H3. The molecular weight excluding hydrogens is 283 g/mol. The molecule has 0 saturated carbocycles. The molecule has 0 saturated heterocycles. The lowest BCUT2D eigenvalue weighted by atomic mass is 10.2. The van der Waals surface area contributed by atoms with Gasteiger partial charge in [-0.2, -0.15) is 9.57 Å². The Morgan fingerprint density at radius 3 is 2.80 bits per heavy atom. The van der Waals surface area contributed by atoms with Crippen LogP contribution in [-0.4, -0.2) is 39.5 Å². The van der Waals surface area contributed by atoms with Gasteiger partial charge in [0, 0.05) is 20.2 Å². The fraction of sp³-hybridized carbons (Fsp3) is 0.308. The number of halogens is 1. The van der Waals surface area contributed by atoms with Crippen LogP contribution >= 0.6 is 0 Å². The number of sulfonamides is 1. The molecule has 0 aliphatic rings. The summed E-state index contributed by atoms with van der Waals surface area (Å²) in [5.41, 5.74) is -0.309. The molecular formula is C13H15FN2O3S. The molecule has 0 aliphatic carbocycles. The zero-order chi connectivity index (χ0) is 15.2. The lowest BCUT2D eigenvalue weighted by Crippen LogP contribution is -2.34. The molecule has 0 fully saturated rings. The molecule has 0 aliphatic heterocycles. The summed E-state index contributed by atoms with van der Waals surface area (Å²) in [5.74, 6) is -0.751. The van der Waals surface area contributed by atoms with Crippen molar-refractivity contribution >= 4 is 10.0 Å². The average Bonchev–Trinajstić information content (AvgIpc) is 2.43. The summed E-state index contributed by atoms with van der Waals surface area (Å²) in [7, 11) is -2.36. The average molecular weight is 298 g/mol. The van der Waals surface area contributed by atoms with Crippen LogP contribution in [0.2, 0.25) is 0 Å². The van der Waals surface area contributed by atoms with Crippen LogP contribution in [0.25, 0.3) is 0 Å². The van der Waals surface area contributed by atoms with Crippen molar-refractivity contribution in [1.82, 2.24) is 4.31 Å². The number of hydrogen-bond donors (Lipinski definition) is 0. The van der Waals surface area contributed by atoms with E-state index in [4.69, 9.17) is 10.00 Å². The number of methoxy groups -OCH3 is 1. The van der Waals surface area contributed by atoms with Crippen LogP contribution in [0, 0.1) is 17.1 Å². The fourth-order valence-corrected chi connectivity index (χ4v) is 2.97. The number of benzene rings is 1. The lowest BCUT2D eigenvalue weighted by Gasteiger charge is -2.20. The predicted octanol–water partition coefficient (Wildman–Crippen LogP) is 1.52. The summed E-state index contributed by atoms with van der Waals surface area (Å²) in [6, 6.07) is 4.74. The first-order valence-corrected chi connectivity index (χ1v) is 7.21. The molecule has 108 valence electrons. The molecule has 0 N–H and O–H groups in total. The molecule has 1 aromatic rings. The van der Waals surface area contributed by atoms with E-state index in [-0.39, 0.29) is 30.2 Å². The van der Waals surface area contributed by atoms with Gasteiger partial charge < -0.3 is 4.74 Å². The highest BCUT2D eigenvalue weighted by Crippen LogP contribution is 2.18. The zero-order valence-electron chi connectivity index (χ0n) is 11.0. The first kappa shape index (κ1) is 16.3. The molecule has 0 atom stereocenters. The Morgan fingerprint density at radius 1 is 1.55 bits per heavy atom. The van der Waals surface area contributed by atoms with Gasteiger partial charge in [0.25, 0.3) is 0 Å². The molecule has 7 heteroatoms. The molecule has 0 aromatic heterocycles. The van der Waals surface area contributed by atoms with Crippen molar-refractivity contribution in [2.24, 2.45) is 0 Å². The van der Waals surface area contributed by atoms with Crippen LogP contribution in [0.4, 0.5) is 4.39 Å². The second-order valence-electron chi connectivity index (χ2n) is 3.90. The van der Waals surface area contributed by atoms with Gasteiger partial charge in [0.15, 0.2) is 0 Å². The summed E-state index contributed by atoms with van der Waals surface area (Å²) in [4.78, 5) is -0.131. The number of nitrogens with zero attached hydrogens (tertiary/aromatic N) is 2. The topological polar surface area (TPSA) is 70.4 Å². The zero-order valence-corrected chi connectivity index (χ0v) is 11.9. The second kappa shape index (κ2) is 7.14. The van der Waals surface area contributed by atoms with Crippen molar-refractivity contribution < 1.29 is 17.5 Å². The normalized spacial score (nSPS) is 11.3. The highest BCUT2D eigenvalue weighted by molar-refractivity contribution is 7.89. The molecule has 1 rings (SSSR count). The first-order valence-electron chi connectivity index (χ1n) is 5.77. The Hall–Kier alpha value is -1.75. The van der Waals surface area contributed by atoms with Crippen molar-refractivity contribution in [3.63, 3.8) is 0 Å². The molecule has 0 spiro atoms. The van der Waals surface area contributed by atoms with Crippen LogP contribution in [0.1, 0.15) is 5.56 Å². The third-order valence-corrected chi connectivity index (χ3v) is 4.43. The second-order valence-corrected chi connectivity index (χ2v) is 5.84. The van der Waals surface area contributed by atoms with Gasteiger partial charge in [-0.05, 0) is 18.2 Å². The fourth-order valence-electron chi connectivity index (χ4n) is 1.55. The van der Waals surface area contributed by atoms with Gasteiger partial charge in [0.05, 0.1) is 17.1 Å². The summed E-state index contributed by atoms with van der Waals surface area (Å²) < 4.78 is 44.1. The van der Waals surface area contributed by atoms with Crippen molar-refractivity contribution in [2.45, 2.75) is 4.90 Å². The number of hydrogen-bond acceptors (Lipinski definition) is 4. The minimum absolute atomic E-state index is 0.102. The van der Waals surface area contributed by atoms with Gasteiger partial charge in [0.2, 0.25) is 10.0 Å². The van der Waals surface area contributed by atoms with Crippen molar-refractivity contribution in [3.8, 4) is 6.07 Å². The quantitative estimate of drug-likeness (QED) is 0.716. The predicted molar refractivity (Wildman–Crippen MR) is 71.9 cm³/mol. The Bertz CT molecular complexity index is 623. The van der Waals surface area contributed by atoms with Crippen molar-refractivity contribution in [2.75, 3.05) is 26.8 Å². The van der Waals surface area contributed by atoms with E-state index < -0.39 is 15.8 Å². The molecule has 0 heterocycles. The van der Waals surface area contributed by atoms with Crippen LogP contribution in [-0.2, 0) is 14.8 Å². The van der Waals surface area contributed by atoms with E-state index in [1.165, 1.54) is 13.2 Å². The van der Waals surface area contributed by atoms with Gasteiger partial charge in [-0.1, -0.05) is 6.08 Å². The van der Waals surface area contributed by atoms with Crippen molar-refractivity contribution in [3.05, 3.63) is 42.2 Å². The van der Waals surface area contributed by atoms with Crippen LogP contribution < -0.4 is 0 Å². The molecule has 20 heavy (non-hydrogen) atoms. The van der Waals surface area contributed by atoms with E-state index in [9.17, 15) is 12.8 Å². The summed E-state index contributed by atoms with van der Waals surface area (Å²) in [6.07, 6.45) is 1.45. The lowest BCUT2D eigenvalue weighted by molar-refractivity contribution is 0.182. The highest BCUT2D eigenvalue weighted by Gasteiger charge is 2.24. The molecule has 0 radical (unpaired) electrons. The molecule has 0 amide bonds. The highest BCUT2D eigenvalue weighted by atomic mass is 32.2. The largest absolute Gasteiger partial charge is 0.383 e. The van der Waals surface area contributed by atoms with Crippen LogP contribution in [0.5, 0.6) is 0 Å². The van der Waals surface area contributed by atoms with Crippen LogP contribution in [0.15, 0.2) is 35.7 Å². The maximum atomic E-state index is 13.2. The third-order valence-electron chi connectivity index (χ3n) is 2.57. The van der Waals surface area contributed by atoms with Crippen LogP contribution in [0.3, 0.4) is 0 Å². The Kier molecular flexibility index (Phi) is 5.82. The SMILES string of the molecule is C=CCN(CCOC)S(=O)(=O)c1ccc(F)c(C#N)c1. The van der Waals surface area contributed by atoms with Gasteiger partial charge in [-0.15, -0.1) is 6.58 Å². The summed E-state index contributed by atoms with van der Waals surface area (Å²) in [6.45, 7) is 3.97. The van der Waals surface area contributed by atoms with Gasteiger partial charge in [0.1, 0.15) is 11.9 Å². The monoisotopic (exact) mass is 298 g/mol. The first-order chi connectivity index (χ1) is 9.47. The van der Waals surface area contributed by atoms with Gasteiger partial charge in [-0.3, -0.25) is 0 Å². The third kappa shape index (κ3) is 3.63. The number of nitriles is 1. The van der Waals surface area contributed by atoms with E-state index >= 15 is 0 Å². The maximum Gasteiger partial charge on any atom is 0.243 e. The Balaban J connectivity index is 3.19. The van der Waals surface area contributed by atoms with E-state index in [1.54, 1.807) is 6.07 Å². The molecule has 1 aromatic carbocycles. The van der Waals surface area contributed by atoms with E-state index in [0.29, 0.717) is 0 Å². The molecule has 5 nitrogen and oxygen atoms in total. The Labute approximate surface area is 117 Å². The van der Waals surface area contributed by atoms with E-state index in [2.05, 4.69) is 6.58 Å². The smallest absolute Gasteiger partial charge is 0.243 e. The van der Waals surface area contributed by atoms with Gasteiger partial charge in [-0.25, -0.2) is 12.8 Å². The maximum absolute atomic E-state index is 13.2. The molecule has 0 unspecified atom stereocenters. The minimum atomic E-state index is -3.82. The molecule has 0 bridgehead atoms. The van der Waals surface area contributed by atoms with E-state index in [1.807, 2.05) is 0 Å². The Morgan fingerprint density at radius 2 is 2.25 bits per heavy atom. The number of ether oxygens (including phenoxy) is 1. The van der Waals surface area contributed by atoms with E-state index in [0.717, 1.165) is 22.5 Å². The number of rotatable bonds is 7.